The fourth-order valence-electron chi connectivity index (χ4n) is 2.19. The molecule has 1 nitrogen and oxygen atoms in total. The highest BCUT2D eigenvalue weighted by atomic mass is 79.9. The van der Waals surface area contributed by atoms with E-state index in [9.17, 15) is 0 Å². The Balaban J connectivity index is 1.80. The van der Waals surface area contributed by atoms with Gasteiger partial charge in [-0.05, 0) is 42.7 Å². The van der Waals surface area contributed by atoms with Gasteiger partial charge in [-0.2, -0.15) is 0 Å². The zero-order valence-electron chi connectivity index (χ0n) is 10.5. The van der Waals surface area contributed by atoms with Crippen LogP contribution in [0, 0.1) is 0 Å². The van der Waals surface area contributed by atoms with Crippen molar-refractivity contribution in [2.75, 3.05) is 0 Å². The Labute approximate surface area is 121 Å². The molecule has 1 heterocycles. The number of rotatable bonds is 3. The van der Waals surface area contributed by atoms with Gasteiger partial charge in [0.05, 0.1) is 5.52 Å². The molecule has 0 fully saturated rings. The smallest absolute Gasteiger partial charge is 0.0706 e. The van der Waals surface area contributed by atoms with Crippen LogP contribution in [0.25, 0.3) is 10.9 Å². The number of fused-ring (bicyclic) bond motifs is 1. The van der Waals surface area contributed by atoms with E-state index in [0.717, 1.165) is 28.5 Å². The van der Waals surface area contributed by atoms with Gasteiger partial charge in [0.15, 0.2) is 0 Å². The first kappa shape index (κ1) is 12.4. The van der Waals surface area contributed by atoms with Crippen molar-refractivity contribution in [1.29, 1.82) is 0 Å². The molecule has 0 spiro atoms. The first-order valence-electron chi connectivity index (χ1n) is 6.40. The average molecular weight is 312 g/mol. The maximum absolute atomic E-state index is 4.71. The van der Waals surface area contributed by atoms with Crippen molar-refractivity contribution in [3.63, 3.8) is 0 Å². The van der Waals surface area contributed by atoms with Gasteiger partial charge in [-0.15, -0.1) is 0 Å². The van der Waals surface area contributed by atoms with Gasteiger partial charge in [-0.3, -0.25) is 4.98 Å². The highest BCUT2D eigenvalue weighted by Gasteiger charge is 2.00. The standard InChI is InChI=1S/C17H14BrN/c18-15-8-11-17-14(12-15)7-10-16(19-17)9-6-13-4-2-1-3-5-13/h1-5,7-8,10-12H,6,9H2. The maximum Gasteiger partial charge on any atom is 0.0706 e. The van der Waals surface area contributed by atoms with E-state index in [0.29, 0.717) is 0 Å². The Morgan fingerprint density at radius 2 is 1.68 bits per heavy atom. The highest BCUT2D eigenvalue weighted by molar-refractivity contribution is 9.10. The quantitative estimate of drug-likeness (QED) is 0.678. The molecule has 0 amide bonds. The number of pyridine rings is 1. The van der Waals surface area contributed by atoms with E-state index in [2.05, 4.69) is 70.5 Å². The molecule has 1 aromatic heterocycles. The molecule has 0 saturated heterocycles. The second-order valence-electron chi connectivity index (χ2n) is 4.63. The summed E-state index contributed by atoms with van der Waals surface area (Å²) in [5.74, 6) is 0. The lowest BCUT2D eigenvalue weighted by molar-refractivity contribution is 0.922. The summed E-state index contributed by atoms with van der Waals surface area (Å²) in [5.41, 5.74) is 3.58. The number of benzene rings is 2. The molecule has 0 aliphatic heterocycles. The van der Waals surface area contributed by atoms with E-state index in [1.807, 2.05) is 6.07 Å². The minimum Gasteiger partial charge on any atom is -0.253 e. The van der Waals surface area contributed by atoms with Gasteiger partial charge < -0.3 is 0 Å². The summed E-state index contributed by atoms with van der Waals surface area (Å²) < 4.78 is 1.10. The summed E-state index contributed by atoms with van der Waals surface area (Å²) in [6, 6.07) is 21.0. The van der Waals surface area contributed by atoms with Gasteiger partial charge >= 0.3 is 0 Å². The third-order valence-corrected chi connectivity index (χ3v) is 3.71. The van der Waals surface area contributed by atoms with Gasteiger partial charge in [0.1, 0.15) is 0 Å². The largest absolute Gasteiger partial charge is 0.253 e. The maximum atomic E-state index is 4.71. The van der Waals surface area contributed by atoms with Crippen LogP contribution in [-0.4, -0.2) is 4.98 Å². The number of hydrogen-bond donors (Lipinski definition) is 0. The molecule has 0 bridgehead atoms. The topological polar surface area (TPSA) is 12.9 Å². The Bertz CT molecular complexity index is 692. The predicted molar refractivity (Wildman–Crippen MR) is 83.3 cm³/mol. The lowest BCUT2D eigenvalue weighted by Crippen LogP contribution is -1.94. The first-order valence-corrected chi connectivity index (χ1v) is 7.20. The van der Waals surface area contributed by atoms with E-state index >= 15 is 0 Å². The van der Waals surface area contributed by atoms with Crippen LogP contribution in [-0.2, 0) is 12.8 Å². The van der Waals surface area contributed by atoms with Gasteiger partial charge in [-0.1, -0.05) is 52.3 Å². The normalized spacial score (nSPS) is 10.8. The minimum absolute atomic E-state index is 0.982. The molecule has 2 aromatic carbocycles. The number of aryl methyl sites for hydroxylation is 2. The Morgan fingerprint density at radius 1 is 0.842 bits per heavy atom. The third kappa shape index (κ3) is 3.02. The number of aromatic nitrogens is 1. The molecular weight excluding hydrogens is 298 g/mol. The lowest BCUT2D eigenvalue weighted by Gasteiger charge is -2.04. The van der Waals surface area contributed by atoms with Gasteiger partial charge in [0, 0.05) is 15.6 Å². The average Bonchev–Trinajstić information content (AvgIpc) is 2.46. The Kier molecular flexibility index (Phi) is 3.60. The summed E-state index contributed by atoms with van der Waals surface area (Å²) in [5, 5.41) is 1.18. The van der Waals surface area contributed by atoms with Crippen molar-refractivity contribution in [1.82, 2.24) is 4.98 Å². The summed E-state index contributed by atoms with van der Waals surface area (Å²) in [6.45, 7) is 0. The lowest BCUT2D eigenvalue weighted by atomic mass is 10.1. The highest BCUT2D eigenvalue weighted by Crippen LogP contribution is 2.19. The van der Waals surface area contributed by atoms with Crippen molar-refractivity contribution in [3.05, 3.63) is 76.4 Å². The molecule has 0 radical (unpaired) electrons. The zero-order valence-corrected chi connectivity index (χ0v) is 12.1. The van der Waals surface area contributed by atoms with E-state index in [-0.39, 0.29) is 0 Å². The van der Waals surface area contributed by atoms with Crippen LogP contribution in [0.5, 0.6) is 0 Å². The van der Waals surface area contributed by atoms with Crippen molar-refractivity contribution < 1.29 is 0 Å². The molecular formula is C17H14BrN. The van der Waals surface area contributed by atoms with Crippen LogP contribution in [0.3, 0.4) is 0 Å². The van der Waals surface area contributed by atoms with Crippen LogP contribution in [0.15, 0.2) is 65.1 Å². The molecule has 0 atom stereocenters. The molecule has 3 rings (SSSR count). The number of hydrogen-bond acceptors (Lipinski definition) is 1. The second-order valence-corrected chi connectivity index (χ2v) is 5.54. The van der Waals surface area contributed by atoms with Gasteiger partial charge in [-0.25, -0.2) is 0 Å². The SMILES string of the molecule is Brc1ccc2nc(CCc3ccccc3)ccc2c1. The van der Waals surface area contributed by atoms with E-state index in [1.54, 1.807) is 0 Å². The molecule has 0 saturated carbocycles. The van der Waals surface area contributed by atoms with E-state index < -0.39 is 0 Å². The fourth-order valence-corrected chi connectivity index (χ4v) is 2.57. The summed E-state index contributed by atoms with van der Waals surface area (Å²) in [4.78, 5) is 4.71. The van der Waals surface area contributed by atoms with Crippen molar-refractivity contribution in [2.24, 2.45) is 0 Å². The van der Waals surface area contributed by atoms with Gasteiger partial charge in [0.25, 0.3) is 0 Å². The molecule has 2 heteroatoms. The van der Waals surface area contributed by atoms with Crippen molar-refractivity contribution >= 4 is 26.8 Å². The molecule has 3 aromatic rings. The Hall–Kier alpha value is -1.67. The predicted octanol–water partition coefficient (Wildman–Crippen LogP) is 4.78. The van der Waals surface area contributed by atoms with Gasteiger partial charge in [0.2, 0.25) is 0 Å². The minimum atomic E-state index is 0.982. The van der Waals surface area contributed by atoms with Crippen LogP contribution < -0.4 is 0 Å². The van der Waals surface area contributed by atoms with Crippen LogP contribution in [0.4, 0.5) is 0 Å². The molecule has 0 unspecified atom stereocenters. The van der Waals surface area contributed by atoms with Crippen molar-refractivity contribution in [2.45, 2.75) is 12.8 Å². The van der Waals surface area contributed by atoms with Crippen LogP contribution in [0.2, 0.25) is 0 Å². The fraction of sp³-hybridized carbons (Fsp3) is 0.118. The van der Waals surface area contributed by atoms with E-state index in [4.69, 9.17) is 4.98 Å². The summed E-state index contributed by atoms with van der Waals surface area (Å²) in [7, 11) is 0. The monoisotopic (exact) mass is 311 g/mol. The summed E-state index contributed by atoms with van der Waals surface area (Å²) in [6.07, 6.45) is 2.02. The Morgan fingerprint density at radius 3 is 2.53 bits per heavy atom. The molecule has 19 heavy (non-hydrogen) atoms. The van der Waals surface area contributed by atoms with E-state index in [1.165, 1.54) is 10.9 Å². The van der Waals surface area contributed by atoms with Crippen LogP contribution >= 0.6 is 15.9 Å². The molecule has 0 aliphatic carbocycles. The third-order valence-electron chi connectivity index (χ3n) is 3.22. The molecule has 0 aliphatic rings. The van der Waals surface area contributed by atoms with Crippen molar-refractivity contribution in [3.8, 4) is 0 Å². The molecule has 94 valence electrons. The number of halogens is 1. The zero-order chi connectivity index (χ0) is 13.1. The first-order chi connectivity index (χ1) is 9.31. The summed E-state index contributed by atoms with van der Waals surface area (Å²) >= 11 is 3.48. The second kappa shape index (κ2) is 5.54. The molecule has 0 N–H and O–H groups in total. The number of nitrogens with zero attached hydrogens (tertiary/aromatic N) is 1. The van der Waals surface area contributed by atoms with Crippen LogP contribution in [0.1, 0.15) is 11.3 Å².